The zero-order chi connectivity index (χ0) is 7.56. The molecule has 0 aromatic carbocycles. The molecular formula is C9H17N. The van der Waals surface area contributed by atoms with Gasteiger partial charge in [-0.15, -0.1) is 6.58 Å². The van der Waals surface area contributed by atoms with Crippen LogP contribution in [-0.4, -0.2) is 6.04 Å². The Morgan fingerprint density at radius 1 is 1.60 bits per heavy atom. The molecule has 2 N–H and O–H groups in total. The van der Waals surface area contributed by atoms with E-state index >= 15 is 0 Å². The van der Waals surface area contributed by atoms with Gasteiger partial charge in [-0.1, -0.05) is 13.0 Å². The lowest BCUT2D eigenvalue weighted by Gasteiger charge is -2.15. The highest BCUT2D eigenvalue weighted by molar-refractivity contribution is 4.87. The van der Waals surface area contributed by atoms with Gasteiger partial charge in [0.2, 0.25) is 0 Å². The summed E-state index contributed by atoms with van der Waals surface area (Å²) in [5, 5.41) is 0. The van der Waals surface area contributed by atoms with Gasteiger partial charge in [-0.2, -0.15) is 0 Å². The van der Waals surface area contributed by atoms with Gasteiger partial charge in [0.05, 0.1) is 0 Å². The third-order valence-corrected chi connectivity index (χ3v) is 2.76. The highest BCUT2D eigenvalue weighted by atomic mass is 14.7. The molecule has 0 aliphatic heterocycles. The molecule has 1 rings (SSSR count). The van der Waals surface area contributed by atoms with Crippen molar-refractivity contribution >= 4 is 0 Å². The standard InChI is InChI=1S/C9H17N/c1-3-4-8-5-6-9(10)7(8)2/h3,7-9H,1,4-6,10H2,2H3. The Morgan fingerprint density at radius 3 is 2.70 bits per heavy atom. The summed E-state index contributed by atoms with van der Waals surface area (Å²) in [4.78, 5) is 0. The Hall–Kier alpha value is -0.300. The zero-order valence-corrected chi connectivity index (χ0v) is 6.72. The Morgan fingerprint density at radius 2 is 2.30 bits per heavy atom. The van der Waals surface area contributed by atoms with Crippen LogP contribution >= 0.6 is 0 Å². The first-order chi connectivity index (χ1) is 4.75. The van der Waals surface area contributed by atoms with Crippen molar-refractivity contribution in [1.29, 1.82) is 0 Å². The van der Waals surface area contributed by atoms with E-state index in [0.29, 0.717) is 12.0 Å². The first-order valence-corrected chi connectivity index (χ1v) is 4.12. The van der Waals surface area contributed by atoms with E-state index in [4.69, 9.17) is 5.73 Å². The minimum absolute atomic E-state index is 0.449. The average molecular weight is 139 g/mol. The molecule has 0 radical (unpaired) electrons. The third-order valence-electron chi connectivity index (χ3n) is 2.76. The fourth-order valence-electron chi connectivity index (χ4n) is 1.83. The average Bonchev–Trinajstić information content (AvgIpc) is 2.20. The van der Waals surface area contributed by atoms with Crippen LogP contribution in [0.2, 0.25) is 0 Å². The van der Waals surface area contributed by atoms with Crippen LogP contribution in [0.25, 0.3) is 0 Å². The Bertz CT molecular complexity index is 120. The molecule has 0 amide bonds. The van der Waals surface area contributed by atoms with Crippen molar-refractivity contribution in [2.45, 2.75) is 32.2 Å². The van der Waals surface area contributed by atoms with Crippen molar-refractivity contribution in [3.63, 3.8) is 0 Å². The molecule has 1 saturated carbocycles. The SMILES string of the molecule is C=CCC1CCC(N)C1C. The molecule has 1 aliphatic carbocycles. The lowest BCUT2D eigenvalue weighted by atomic mass is 9.93. The van der Waals surface area contributed by atoms with Crippen molar-refractivity contribution in [3.05, 3.63) is 12.7 Å². The monoisotopic (exact) mass is 139 g/mol. The predicted octanol–water partition coefficient (Wildman–Crippen LogP) is 1.94. The summed E-state index contributed by atoms with van der Waals surface area (Å²) >= 11 is 0. The number of hydrogen-bond acceptors (Lipinski definition) is 1. The van der Waals surface area contributed by atoms with Gasteiger partial charge < -0.3 is 5.73 Å². The molecule has 0 aromatic heterocycles. The molecule has 0 bridgehead atoms. The van der Waals surface area contributed by atoms with E-state index in [1.165, 1.54) is 12.8 Å². The van der Waals surface area contributed by atoms with Gasteiger partial charge in [0.15, 0.2) is 0 Å². The molecule has 0 heterocycles. The van der Waals surface area contributed by atoms with Crippen molar-refractivity contribution < 1.29 is 0 Å². The van der Waals surface area contributed by atoms with Crippen molar-refractivity contribution in [3.8, 4) is 0 Å². The molecule has 58 valence electrons. The summed E-state index contributed by atoms with van der Waals surface area (Å²) in [6, 6.07) is 0.449. The van der Waals surface area contributed by atoms with E-state index < -0.39 is 0 Å². The summed E-state index contributed by atoms with van der Waals surface area (Å²) in [7, 11) is 0. The van der Waals surface area contributed by atoms with E-state index in [9.17, 15) is 0 Å². The maximum absolute atomic E-state index is 5.86. The maximum atomic E-state index is 5.86. The second-order valence-electron chi connectivity index (χ2n) is 3.38. The molecule has 0 aromatic rings. The van der Waals surface area contributed by atoms with Crippen LogP contribution < -0.4 is 5.73 Å². The fraction of sp³-hybridized carbons (Fsp3) is 0.778. The Labute approximate surface area is 63.3 Å². The molecule has 1 nitrogen and oxygen atoms in total. The van der Waals surface area contributed by atoms with E-state index in [-0.39, 0.29) is 0 Å². The number of rotatable bonds is 2. The van der Waals surface area contributed by atoms with Gasteiger partial charge in [-0.05, 0) is 31.1 Å². The summed E-state index contributed by atoms with van der Waals surface area (Å²) < 4.78 is 0. The van der Waals surface area contributed by atoms with Crippen molar-refractivity contribution in [1.82, 2.24) is 0 Å². The summed E-state index contributed by atoms with van der Waals surface area (Å²) in [6.45, 7) is 6.00. The molecule has 0 spiro atoms. The van der Waals surface area contributed by atoms with E-state index in [0.717, 1.165) is 12.3 Å². The highest BCUT2D eigenvalue weighted by Crippen LogP contribution is 2.32. The predicted molar refractivity (Wildman–Crippen MR) is 44.7 cm³/mol. The van der Waals surface area contributed by atoms with Crippen LogP contribution in [0.15, 0.2) is 12.7 Å². The van der Waals surface area contributed by atoms with Crippen LogP contribution in [-0.2, 0) is 0 Å². The third kappa shape index (κ3) is 1.40. The molecule has 1 heteroatoms. The first kappa shape index (κ1) is 7.80. The topological polar surface area (TPSA) is 26.0 Å². The van der Waals surface area contributed by atoms with Gasteiger partial charge in [-0.3, -0.25) is 0 Å². The van der Waals surface area contributed by atoms with Gasteiger partial charge in [0.25, 0.3) is 0 Å². The molecule has 1 fully saturated rings. The quantitative estimate of drug-likeness (QED) is 0.581. The van der Waals surface area contributed by atoms with Crippen LogP contribution in [0.3, 0.4) is 0 Å². The highest BCUT2D eigenvalue weighted by Gasteiger charge is 2.28. The zero-order valence-electron chi connectivity index (χ0n) is 6.72. The minimum atomic E-state index is 0.449. The van der Waals surface area contributed by atoms with Gasteiger partial charge in [0, 0.05) is 6.04 Å². The second kappa shape index (κ2) is 3.20. The van der Waals surface area contributed by atoms with Crippen molar-refractivity contribution in [2.75, 3.05) is 0 Å². The number of nitrogens with two attached hydrogens (primary N) is 1. The Balaban J connectivity index is 2.40. The minimum Gasteiger partial charge on any atom is -0.327 e. The fourth-order valence-corrected chi connectivity index (χ4v) is 1.83. The van der Waals surface area contributed by atoms with Crippen molar-refractivity contribution in [2.24, 2.45) is 17.6 Å². The first-order valence-electron chi connectivity index (χ1n) is 4.12. The summed E-state index contributed by atoms with van der Waals surface area (Å²) in [5.74, 6) is 1.52. The lowest BCUT2D eigenvalue weighted by molar-refractivity contribution is 0.396. The number of allylic oxidation sites excluding steroid dienone is 1. The molecule has 0 saturated heterocycles. The summed E-state index contributed by atoms with van der Waals surface area (Å²) in [6.07, 6.45) is 5.67. The molecule has 3 unspecified atom stereocenters. The van der Waals surface area contributed by atoms with E-state index in [1.807, 2.05) is 6.08 Å². The van der Waals surface area contributed by atoms with Crippen LogP contribution in [0.4, 0.5) is 0 Å². The van der Waals surface area contributed by atoms with Gasteiger partial charge in [-0.25, -0.2) is 0 Å². The molecule has 3 atom stereocenters. The lowest BCUT2D eigenvalue weighted by Crippen LogP contribution is -2.24. The molecule has 1 aliphatic rings. The van der Waals surface area contributed by atoms with Crippen LogP contribution in [0, 0.1) is 11.8 Å². The maximum Gasteiger partial charge on any atom is 0.00673 e. The van der Waals surface area contributed by atoms with Gasteiger partial charge >= 0.3 is 0 Å². The van der Waals surface area contributed by atoms with E-state index in [2.05, 4.69) is 13.5 Å². The number of hydrogen-bond donors (Lipinski definition) is 1. The van der Waals surface area contributed by atoms with Crippen LogP contribution in [0.5, 0.6) is 0 Å². The van der Waals surface area contributed by atoms with Crippen LogP contribution in [0.1, 0.15) is 26.2 Å². The molecule has 10 heavy (non-hydrogen) atoms. The molecular weight excluding hydrogens is 122 g/mol. The van der Waals surface area contributed by atoms with Gasteiger partial charge in [0.1, 0.15) is 0 Å². The smallest absolute Gasteiger partial charge is 0.00673 e. The summed E-state index contributed by atoms with van der Waals surface area (Å²) in [5.41, 5.74) is 5.86. The van der Waals surface area contributed by atoms with E-state index in [1.54, 1.807) is 0 Å². The largest absolute Gasteiger partial charge is 0.327 e. The normalized spacial score (nSPS) is 40.0. The second-order valence-corrected chi connectivity index (χ2v) is 3.38. The Kier molecular flexibility index (Phi) is 2.50.